The summed E-state index contributed by atoms with van der Waals surface area (Å²) in [5.74, 6) is 0.814. The van der Waals surface area contributed by atoms with Gasteiger partial charge in [-0.2, -0.15) is 0 Å². The molecule has 0 unspecified atom stereocenters. The number of hydrogen-bond acceptors (Lipinski definition) is 6. The monoisotopic (exact) mass is 350 g/mol. The minimum Gasteiger partial charge on any atom is -0.381 e. The molecule has 3 saturated heterocycles. The Balaban J connectivity index is 1.31. The molecule has 1 aromatic rings. The lowest BCUT2D eigenvalue weighted by atomic mass is 9.87. The normalized spacial score (nSPS) is 31.5. The smallest absolute Gasteiger partial charge is 0.223 e. The minimum absolute atomic E-state index is 0.0545. The van der Waals surface area contributed by atoms with Gasteiger partial charge in [0.15, 0.2) is 5.82 Å². The van der Waals surface area contributed by atoms with Gasteiger partial charge in [0.05, 0.1) is 30.6 Å². The highest BCUT2D eigenvalue weighted by Gasteiger charge is 2.43. The van der Waals surface area contributed by atoms with Gasteiger partial charge in [0.2, 0.25) is 5.95 Å². The third kappa shape index (κ3) is 4.27. The molecule has 138 valence electrons. The van der Waals surface area contributed by atoms with E-state index in [1.807, 2.05) is 0 Å². The quantitative estimate of drug-likeness (QED) is 0.897. The van der Waals surface area contributed by atoms with Crippen molar-refractivity contribution in [1.82, 2.24) is 14.9 Å². The topological polar surface area (TPSA) is 59.5 Å². The molecule has 6 nitrogen and oxygen atoms in total. The lowest BCUT2D eigenvalue weighted by Crippen LogP contribution is -2.49. The molecule has 4 rings (SSSR count). The molecule has 0 aliphatic carbocycles. The first-order chi connectivity index (χ1) is 12.2. The minimum atomic E-state index is -0.416. The van der Waals surface area contributed by atoms with Gasteiger partial charge in [-0.3, -0.25) is 0 Å². The van der Waals surface area contributed by atoms with E-state index in [-0.39, 0.29) is 11.6 Å². The Morgan fingerprint density at radius 1 is 1.28 bits per heavy atom. The lowest BCUT2D eigenvalue weighted by molar-refractivity contribution is -0.0580. The maximum atomic E-state index is 12.9. The van der Waals surface area contributed by atoms with Gasteiger partial charge in [0.1, 0.15) is 0 Å². The van der Waals surface area contributed by atoms with Gasteiger partial charge in [-0.05, 0) is 38.1 Å². The van der Waals surface area contributed by atoms with E-state index in [2.05, 4.69) is 20.2 Å². The standard InChI is InChI=1S/C18H27FN4O2/c19-15-9-20-17(21-10-15)22-16-8-18(25-12-16)4-1-5-23(13-18)11-14-2-6-24-7-3-14/h9-10,14,16H,1-8,11-13H2,(H,20,21,22)/t16-,18+/m0/s1. The largest absolute Gasteiger partial charge is 0.381 e. The van der Waals surface area contributed by atoms with E-state index in [4.69, 9.17) is 9.47 Å². The average Bonchev–Trinajstić information content (AvgIpc) is 3.00. The number of halogens is 1. The molecule has 3 fully saturated rings. The van der Waals surface area contributed by atoms with Crippen LogP contribution < -0.4 is 5.32 Å². The molecule has 0 amide bonds. The van der Waals surface area contributed by atoms with Crippen LogP contribution in [0.3, 0.4) is 0 Å². The van der Waals surface area contributed by atoms with Crippen molar-refractivity contribution in [1.29, 1.82) is 0 Å². The summed E-state index contributed by atoms with van der Waals surface area (Å²) in [5, 5.41) is 3.29. The Bertz CT molecular complexity index is 567. The SMILES string of the molecule is Fc1cnc(N[C@@H]2CO[C@]3(CCCN(CC4CCOCC4)C3)C2)nc1. The molecular weight excluding hydrogens is 323 g/mol. The fourth-order valence-electron chi connectivity index (χ4n) is 4.43. The fraction of sp³-hybridized carbons (Fsp3) is 0.778. The maximum absolute atomic E-state index is 12.9. The van der Waals surface area contributed by atoms with Crippen LogP contribution in [-0.4, -0.2) is 66.0 Å². The van der Waals surface area contributed by atoms with Gasteiger partial charge in [-0.15, -0.1) is 0 Å². The first kappa shape index (κ1) is 17.1. The van der Waals surface area contributed by atoms with E-state index >= 15 is 0 Å². The van der Waals surface area contributed by atoms with Crippen molar-refractivity contribution in [3.05, 3.63) is 18.2 Å². The summed E-state index contributed by atoms with van der Waals surface area (Å²) in [6, 6.07) is 0.188. The van der Waals surface area contributed by atoms with Crippen molar-refractivity contribution in [3.63, 3.8) is 0 Å². The number of ether oxygens (including phenoxy) is 2. The third-order valence-electron chi connectivity index (χ3n) is 5.64. The summed E-state index contributed by atoms with van der Waals surface area (Å²) >= 11 is 0. The Labute approximate surface area is 148 Å². The second-order valence-corrected chi connectivity index (χ2v) is 7.66. The Hall–Kier alpha value is -1.31. The molecule has 0 aromatic carbocycles. The number of aromatic nitrogens is 2. The van der Waals surface area contributed by atoms with Crippen LogP contribution in [0.5, 0.6) is 0 Å². The van der Waals surface area contributed by atoms with Crippen LogP contribution in [0.15, 0.2) is 12.4 Å². The van der Waals surface area contributed by atoms with E-state index in [9.17, 15) is 4.39 Å². The van der Waals surface area contributed by atoms with E-state index in [0.717, 1.165) is 45.1 Å². The molecule has 0 bridgehead atoms. The summed E-state index contributed by atoms with van der Waals surface area (Å²) in [5.41, 5.74) is -0.0545. The van der Waals surface area contributed by atoms with Crippen molar-refractivity contribution >= 4 is 5.95 Å². The van der Waals surface area contributed by atoms with Crippen molar-refractivity contribution in [2.45, 2.75) is 43.7 Å². The first-order valence-corrected chi connectivity index (χ1v) is 9.39. The van der Waals surface area contributed by atoms with E-state index < -0.39 is 5.82 Å². The summed E-state index contributed by atoms with van der Waals surface area (Å²) < 4.78 is 24.7. The van der Waals surface area contributed by atoms with Crippen molar-refractivity contribution in [2.75, 3.05) is 44.8 Å². The number of hydrogen-bond donors (Lipinski definition) is 1. The molecule has 7 heteroatoms. The van der Waals surface area contributed by atoms with Crippen molar-refractivity contribution < 1.29 is 13.9 Å². The van der Waals surface area contributed by atoms with Crippen LogP contribution in [0.1, 0.15) is 32.1 Å². The van der Waals surface area contributed by atoms with Gasteiger partial charge in [-0.25, -0.2) is 14.4 Å². The number of anilines is 1. The van der Waals surface area contributed by atoms with Gasteiger partial charge < -0.3 is 19.7 Å². The van der Waals surface area contributed by atoms with Gasteiger partial charge in [0.25, 0.3) is 0 Å². The van der Waals surface area contributed by atoms with Crippen LogP contribution in [0.25, 0.3) is 0 Å². The molecule has 3 aliphatic rings. The van der Waals surface area contributed by atoms with E-state index in [0.29, 0.717) is 12.6 Å². The molecule has 25 heavy (non-hydrogen) atoms. The van der Waals surface area contributed by atoms with Gasteiger partial charge >= 0.3 is 0 Å². The number of nitrogens with one attached hydrogen (secondary N) is 1. The molecule has 1 N–H and O–H groups in total. The van der Waals surface area contributed by atoms with E-state index in [1.54, 1.807) is 0 Å². The zero-order valence-electron chi connectivity index (χ0n) is 14.6. The second-order valence-electron chi connectivity index (χ2n) is 7.66. The fourth-order valence-corrected chi connectivity index (χ4v) is 4.43. The van der Waals surface area contributed by atoms with Crippen LogP contribution in [-0.2, 0) is 9.47 Å². The predicted octanol–water partition coefficient (Wildman–Crippen LogP) is 2.08. The zero-order valence-corrected chi connectivity index (χ0v) is 14.6. The predicted molar refractivity (Wildman–Crippen MR) is 91.9 cm³/mol. The van der Waals surface area contributed by atoms with E-state index in [1.165, 1.54) is 38.2 Å². The van der Waals surface area contributed by atoms with Gasteiger partial charge in [0, 0.05) is 32.7 Å². The Morgan fingerprint density at radius 2 is 2.08 bits per heavy atom. The summed E-state index contributed by atoms with van der Waals surface area (Å²) in [7, 11) is 0. The molecule has 0 radical (unpaired) electrons. The Kier molecular flexibility index (Phi) is 5.15. The van der Waals surface area contributed by atoms with Crippen molar-refractivity contribution in [2.24, 2.45) is 5.92 Å². The van der Waals surface area contributed by atoms with Crippen LogP contribution in [0.2, 0.25) is 0 Å². The number of nitrogens with zero attached hydrogens (tertiary/aromatic N) is 3. The lowest BCUT2D eigenvalue weighted by Gasteiger charge is -2.41. The number of likely N-dealkylation sites (tertiary alicyclic amines) is 1. The highest BCUT2D eigenvalue weighted by molar-refractivity contribution is 5.25. The summed E-state index contributed by atoms with van der Waals surface area (Å²) in [4.78, 5) is 10.6. The molecule has 3 aliphatic heterocycles. The highest BCUT2D eigenvalue weighted by atomic mass is 19.1. The van der Waals surface area contributed by atoms with Crippen molar-refractivity contribution in [3.8, 4) is 0 Å². The first-order valence-electron chi connectivity index (χ1n) is 9.39. The second kappa shape index (κ2) is 7.51. The Morgan fingerprint density at radius 3 is 2.88 bits per heavy atom. The molecule has 0 saturated carbocycles. The maximum Gasteiger partial charge on any atom is 0.223 e. The van der Waals surface area contributed by atoms with Crippen LogP contribution >= 0.6 is 0 Å². The summed E-state index contributed by atoms with van der Waals surface area (Å²) in [6.45, 7) is 5.81. The average molecular weight is 350 g/mol. The number of piperidine rings is 1. The molecule has 4 heterocycles. The highest BCUT2D eigenvalue weighted by Crippen LogP contribution is 2.36. The molecule has 1 spiro atoms. The molecule has 1 aromatic heterocycles. The molecular formula is C18H27FN4O2. The van der Waals surface area contributed by atoms with Crippen LogP contribution in [0, 0.1) is 11.7 Å². The summed E-state index contributed by atoms with van der Waals surface area (Å²) in [6.07, 6.45) is 7.99. The van der Waals surface area contributed by atoms with Crippen LogP contribution in [0.4, 0.5) is 10.3 Å². The van der Waals surface area contributed by atoms with Gasteiger partial charge in [-0.1, -0.05) is 0 Å². The third-order valence-corrected chi connectivity index (χ3v) is 5.64. The zero-order chi connectivity index (χ0) is 17.1. The molecule has 2 atom stereocenters. The number of rotatable bonds is 4.